The maximum absolute atomic E-state index is 5.56. The molecule has 0 radical (unpaired) electrons. The van der Waals surface area contributed by atoms with E-state index in [0.29, 0.717) is 11.3 Å². The quantitative estimate of drug-likeness (QED) is 0.638. The Hall–Kier alpha value is -1.16. The Morgan fingerprint density at radius 3 is 2.30 bits per heavy atom. The van der Waals surface area contributed by atoms with Gasteiger partial charge in [-0.25, -0.2) is 15.8 Å². The summed E-state index contributed by atoms with van der Waals surface area (Å²) in [5.74, 6) is 7.72. The van der Waals surface area contributed by atoms with Crippen molar-refractivity contribution >= 4 is 5.82 Å². The molecule has 0 unspecified atom stereocenters. The highest BCUT2D eigenvalue weighted by molar-refractivity contribution is 5.37. The summed E-state index contributed by atoms with van der Waals surface area (Å²) in [4.78, 5) is 9.41. The van der Waals surface area contributed by atoms with Gasteiger partial charge in [-0.2, -0.15) is 0 Å². The molecule has 4 nitrogen and oxygen atoms in total. The molecule has 1 aromatic heterocycles. The second-order valence-electron chi connectivity index (χ2n) is 7.83. The van der Waals surface area contributed by atoms with Crippen molar-refractivity contribution in [3.05, 3.63) is 17.6 Å². The zero-order chi connectivity index (χ0) is 15.0. The van der Waals surface area contributed by atoms with E-state index < -0.39 is 0 Å². The second-order valence-corrected chi connectivity index (χ2v) is 7.83. The van der Waals surface area contributed by atoms with Crippen LogP contribution in [0.25, 0.3) is 0 Å². The van der Waals surface area contributed by atoms with Gasteiger partial charge in [0.15, 0.2) is 0 Å². The second kappa shape index (κ2) is 5.32. The van der Waals surface area contributed by atoms with E-state index in [1.807, 2.05) is 6.07 Å². The molecule has 0 bridgehead atoms. The Bertz CT molecular complexity index is 464. The average molecular weight is 276 g/mol. The maximum atomic E-state index is 5.56. The Morgan fingerprint density at radius 2 is 1.80 bits per heavy atom. The topological polar surface area (TPSA) is 63.8 Å². The smallest absolute Gasteiger partial charge is 0.143 e. The molecular weight excluding hydrogens is 248 g/mol. The fourth-order valence-electron chi connectivity index (χ4n) is 2.76. The predicted octanol–water partition coefficient (Wildman–Crippen LogP) is 3.74. The molecule has 0 spiro atoms. The van der Waals surface area contributed by atoms with E-state index in [2.05, 4.69) is 45.0 Å². The van der Waals surface area contributed by atoms with Gasteiger partial charge >= 0.3 is 0 Å². The molecule has 0 atom stereocenters. The lowest BCUT2D eigenvalue weighted by Gasteiger charge is -2.34. The lowest BCUT2D eigenvalue weighted by atomic mass is 9.73. The molecule has 2 rings (SSSR count). The fourth-order valence-corrected chi connectivity index (χ4v) is 2.76. The minimum absolute atomic E-state index is 0.0111. The highest BCUT2D eigenvalue weighted by Gasteiger charge is 2.30. The zero-order valence-electron chi connectivity index (χ0n) is 13.5. The zero-order valence-corrected chi connectivity index (χ0v) is 13.5. The number of aromatic nitrogens is 2. The maximum Gasteiger partial charge on any atom is 0.143 e. The Kier molecular flexibility index (Phi) is 4.05. The van der Waals surface area contributed by atoms with Crippen molar-refractivity contribution in [1.29, 1.82) is 0 Å². The van der Waals surface area contributed by atoms with E-state index in [4.69, 9.17) is 10.8 Å². The van der Waals surface area contributed by atoms with Crippen LogP contribution < -0.4 is 11.3 Å². The number of nitrogens with two attached hydrogens (primary N) is 1. The minimum Gasteiger partial charge on any atom is -0.308 e. The monoisotopic (exact) mass is 276 g/mol. The van der Waals surface area contributed by atoms with Crippen LogP contribution in [-0.2, 0) is 5.41 Å². The lowest BCUT2D eigenvalue weighted by Crippen LogP contribution is -2.24. The minimum atomic E-state index is 0.0111. The van der Waals surface area contributed by atoms with Crippen LogP contribution in [0.2, 0.25) is 0 Å². The van der Waals surface area contributed by atoms with Crippen LogP contribution in [0.4, 0.5) is 5.82 Å². The number of anilines is 1. The van der Waals surface area contributed by atoms with Gasteiger partial charge in [0.05, 0.1) is 5.69 Å². The highest BCUT2D eigenvalue weighted by atomic mass is 15.3. The van der Waals surface area contributed by atoms with Gasteiger partial charge in [0, 0.05) is 17.4 Å². The molecule has 0 aromatic carbocycles. The number of nitrogens with zero attached hydrogens (tertiary/aromatic N) is 2. The van der Waals surface area contributed by atoms with Crippen LogP contribution in [-0.4, -0.2) is 9.97 Å². The number of rotatable bonds is 2. The molecule has 112 valence electrons. The Labute approximate surface area is 122 Å². The SMILES string of the molecule is CC1(C)CCC(c2nc(NN)cc(C(C)(C)C)n2)CC1. The highest BCUT2D eigenvalue weighted by Crippen LogP contribution is 2.41. The first-order valence-corrected chi connectivity index (χ1v) is 7.57. The largest absolute Gasteiger partial charge is 0.308 e. The summed E-state index contributed by atoms with van der Waals surface area (Å²) in [6, 6.07) is 1.95. The van der Waals surface area contributed by atoms with Crippen LogP contribution in [0.5, 0.6) is 0 Å². The molecule has 20 heavy (non-hydrogen) atoms. The third kappa shape index (κ3) is 3.48. The number of hydrogen-bond donors (Lipinski definition) is 2. The van der Waals surface area contributed by atoms with Crippen molar-refractivity contribution in [1.82, 2.24) is 9.97 Å². The van der Waals surface area contributed by atoms with Gasteiger partial charge < -0.3 is 5.43 Å². The molecule has 1 aliphatic rings. The van der Waals surface area contributed by atoms with Gasteiger partial charge in [0.2, 0.25) is 0 Å². The molecule has 0 saturated heterocycles. The first kappa shape index (κ1) is 15.2. The molecular formula is C16H28N4. The summed E-state index contributed by atoms with van der Waals surface area (Å²) < 4.78 is 0. The summed E-state index contributed by atoms with van der Waals surface area (Å²) in [7, 11) is 0. The lowest BCUT2D eigenvalue weighted by molar-refractivity contribution is 0.220. The van der Waals surface area contributed by atoms with Crippen molar-refractivity contribution in [3.8, 4) is 0 Å². The number of nitrogen functional groups attached to an aromatic ring is 1. The third-order valence-corrected chi connectivity index (χ3v) is 4.36. The van der Waals surface area contributed by atoms with Gasteiger partial charge in [0.1, 0.15) is 11.6 Å². The van der Waals surface area contributed by atoms with Crippen molar-refractivity contribution in [2.24, 2.45) is 11.3 Å². The van der Waals surface area contributed by atoms with E-state index in [1.165, 1.54) is 25.7 Å². The number of hydrogen-bond acceptors (Lipinski definition) is 4. The number of hydrazine groups is 1. The molecule has 1 heterocycles. The summed E-state index contributed by atoms with van der Waals surface area (Å²) in [5, 5.41) is 0. The molecule has 4 heteroatoms. The predicted molar refractivity (Wildman–Crippen MR) is 83.5 cm³/mol. The first-order chi connectivity index (χ1) is 9.21. The van der Waals surface area contributed by atoms with Gasteiger partial charge in [-0.05, 0) is 31.1 Å². The van der Waals surface area contributed by atoms with Crippen LogP contribution in [0.1, 0.15) is 77.7 Å². The Morgan fingerprint density at radius 1 is 1.20 bits per heavy atom. The van der Waals surface area contributed by atoms with E-state index >= 15 is 0 Å². The summed E-state index contributed by atoms with van der Waals surface area (Å²) in [6.45, 7) is 11.2. The van der Waals surface area contributed by atoms with E-state index in [-0.39, 0.29) is 5.41 Å². The third-order valence-electron chi connectivity index (χ3n) is 4.36. The molecule has 3 N–H and O–H groups in total. The summed E-state index contributed by atoms with van der Waals surface area (Å²) >= 11 is 0. The van der Waals surface area contributed by atoms with E-state index in [1.54, 1.807) is 0 Å². The molecule has 1 fully saturated rings. The van der Waals surface area contributed by atoms with E-state index in [9.17, 15) is 0 Å². The number of nitrogens with one attached hydrogen (secondary N) is 1. The van der Waals surface area contributed by atoms with E-state index in [0.717, 1.165) is 17.3 Å². The molecule has 0 amide bonds. The van der Waals surface area contributed by atoms with Gasteiger partial charge in [0.25, 0.3) is 0 Å². The van der Waals surface area contributed by atoms with Gasteiger partial charge in [-0.3, -0.25) is 0 Å². The van der Waals surface area contributed by atoms with Crippen LogP contribution in [0.3, 0.4) is 0 Å². The van der Waals surface area contributed by atoms with Gasteiger partial charge in [-0.1, -0.05) is 34.6 Å². The summed E-state index contributed by atoms with van der Waals surface area (Å²) in [6.07, 6.45) is 4.83. The fraction of sp³-hybridized carbons (Fsp3) is 0.750. The molecule has 0 aliphatic heterocycles. The van der Waals surface area contributed by atoms with Crippen LogP contribution >= 0.6 is 0 Å². The van der Waals surface area contributed by atoms with Crippen molar-refractivity contribution in [2.45, 2.75) is 71.6 Å². The Balaban J connectivity index is 2.28. The average Bonchev–Trinajstić information content (AvgIpc) is 2.37. The van der Waals surface area contributed by atoms with Crippen molar-refractivity contribution in [2.75, 3.05) is 5.43 Å². The van der Waals surface area contributed by atoms with Gasteiger partial charge in [-0.15, -0.1) is 0 Å². The molecule has 1 aliphatic carbocycles. The summed E-state index contributed by atoms with van der Waals surface area (Å²) in [5.41, 5.74) is 4.22. The standard InChI is InChI=1S/C16H28N4/c1-15(2,3)12-10-13(20-17)19-14(18-12)11-6-8-16(4,5)9-7-11/h10-11H,6-9,17H2,1-5H3,(H,18,19,20). The van der Waals surface area contributed by atoms with Crippen molar-refractivity contribution in [3.63, 3.8) is 0 Å². The van der Waals surface area contributed by atoms with Crippen molar-refractivity contribution < 1.29 is 0 Å². The van der Waals surface area contributed by atoms with Crippen LogP contribution in [0.15, 0.2) is 6.07 Å². The molecule has 1 saturated carbocycles. The normalized spacial score (nSPS) is 19.9. The first-order valence-electron chi connectivity index (χ1n) is 7.57. The van der Waals surface area contributed by atoms with Crippen LogP contribution in [0, 0.1) is 5.41 Å². The molecule has 1 aromatic rings.